The van der Waals surface area contributed by atoms with Crippen LogP contribution in [0.2, 0.25) is 10.0 Å². The number of unbranched alkanes of at least 4 members (excludes halogenated alkanes) is 1. The molecule has 0 fully saturated rings. The van der Waals surface area contributed by atoms with Crippen molar-refractivity contribution in [3.05, 3.63) is 63.1 Å². The molecule has 2 aromatic carbocycles. The molecule has 0 amide bonds. The zero-order valence-corrected chi connectivity index (χ0v) is 18.4. The Labute approximate surface area is 185 Å². The number of rotatable bonds is 8. The van der Waals surface area contributed by atoms with E-state index in [0.717, 1.165) is 24.8 Å². The fraction of sp³-hybridized carbons (Fsp3) is 0.286. The summed E-state index contributed by atoms with van der Waals surface area (Å²) < 4.78 is 9.52. The molecule has 0 spiro atoms. The van der Waals surface area contributed by atoms with Gasteiger partial charge in [0.1, 0.15) is 5.56 Å². The van der Waals surface area contributed by atoms with Gasteiger partial charge in [-0.3, -0.25) is 0 Å². The van der Waals surface area contributed by atoms with E-state index < -0.39 is 5.97 Å². The fourth-order valence-corrected chi connectivity index (χ4v) is 3.61. The number of benzene rings is 2. The second-order valence-electron chi connectivity index (χ2n) is 6.25. The van der Waals surface area contributed by atoms with Crippen molar-refractivity contribution in [1.29, 1.82) is 0 Å². The number of esters is 2. The Morgan fingerprint density at radius 2 is 1.76 bits per heavy atom. The van der Waals surface area contributed by atoms with Crippen LogP contribution in [0.1, 0.15) is 45.5 Å². The number of aryl methyl sites for hydroxylation is 1. The van der Waals surface area contributed by atoms with Gasteiger partial charge in [-0.25, -0.2) is 9.59 Å². The van der Waals surface area contributed by atoms with E-state index in [1.807, 2.05) is 18.2 Å². The quantitative estimate of drug-likeness (QED) is 0.313. The highest BCUT2D eigenvalue weighted by Gasteiger charge is 2.18. The summed E-state index contributed by atoms with van der Waals surface area (Å²) in [5.74, 6) is -0.915. The highest BCUT2D eigenvalue weighted by molar-refractivity contribution is 7.80. The molecule has 5 nitrogen and oxygen atoms in total. The number of halogens is 2. The number of nitrogens with one attached hydrogen (secondary N) is 1. The summed E-state index contributed by atoms with van der Waals surface area (Å²) in [6.45, 7) is 0. The van der Waals surface area contributed by atoms with Crippen molar-refractivity contribution in [1.82, 2.24) is 0 Å². The minimum Gasteiger partial charge on any atom is -0.465 e. The maximum absolute atomic E-state index is 12.0. The lowest BCUT2D eigenvalue weighted by Crippen LogP contribution is -2.14. The molecule has 8 heteroatoms. The zero-order chi connectivity index (χ0) is 21.4. The smallest absolute Gasteiger partial charge is 0.341 e. The minimum absolute atomic E-state index is 0.195. The number of hydrogen-bond donors (Lipinski definition) is 1. The SMILES string of the molecule is COC(=O)c1cccc(CCCCC(=S)Nc2cc(Cl)cc(Cl)c2C(=O)OC)c1. The van der Waals surface area contributed by atoms with Crippen LogP contribution >= 0.6 is 35.4 Å². The molecule has 154 valence electrons. The topological polar surface area (TPSA) is 64.6 Å². The first-order valence-corrected chi connectivity index (χ1v) is 10.1. The molecule has 0 bridgehead atoms. The molecule has 0 saturated carbocycles. The lowest BCUT2D eigenvalue weighted by atomic mass is 10.0. The normalized spacial score (nSPS) is 10.3. The summed E-state index contributed by atoms with van der Waals surface area (Å²) in [5.41, 5.74) is 2.21. The average molecular weight is 454 g/mol. The van der Waals surface area contributed by atoms with Gasteiger partial charge in [0, 0.05) is 5.02 Å². The van der Waals surface area contributed by atoms with Crippen molar-refractivity contribution in [2.75, 3.05) is 19.5 Å². The molecule has 0 radical (unpaired) electrons. The van der Waals surface area contributed by atoms with E-state index in [4.69, 9.17) is 44.9 Å². The number of anilines is 1. The van der Waals surface area contributed by atoms with Crippen molar-refractivity contribution in [2.24, 2.45) is 0 Å². The van der Waals surface area contributed by atoms with Crippen LogP contribution in [0, 0.1) is 0 Å². The summed E-state index contributed by atoms with van der Waals surface area (Å²) in [4.78, 5) is 24.2. The monoisotopic (exact) mass is 453 g/mol. The van der Waals surface area contributed by atoms with E-state index in [2.05, 4.69) is 5.32 Å². The van der Waals surface area contributed by atoms with Crippen LogP contribution in [0.4, 0.5) is 5.69 Å². The third-order valence-corrected chi connectivity index (χ3v) is 5.01. The van der Waals surface area contributed by atoms with E-state index in [0.29, 0.717) is 27.7 Å². The van der Waals surface area contributed by atoms with E-state index in [1.54, 1.807) is 12.1 Å². The highest BCUT2D eigenvalue weighted by Crippen LogP contribution is 2.30. The molecule has 0 unspecified atom stereocenters. The Balaban J connectivity index is 1.91. The molecule has 1 N–H and O–H groups in total. The van der Waals surface area contributed by atoms with Crippen molar-refractivity contribution >= 4 is 58.0 Å². The largest absolute Gasteiger partial charge is 0.465 e. The zero-order valence-electron chi connectivity index (χ0n) is 16.1. The van der Waals surface area contributed by atoms with Gasteiger partial charge in [-0.05, 0) is 55.5 Å². The number of carbonyl (C=O) groups is 2. The summed E-state index contributed by atoms with van der Waals surface area (Å²) >= 11 is 17.6. The van der Waals surface area contributed by atoms with Crippen LogP contribution < -0.4 is 5.32 Å². The van der Waals surface area contributed by atoms with Crippen LogP contribution in [-0.4, -0.2) is 31.1 Å². The molecular formula is C21H21Cl2NO4S. The van der Waals surface area contributed by atoms with Gasteiger partial charge in [0.2, 0.25) is 0 Å². The maximum atomic E-state index is 12.0. The molecule has 29 heavy (non-hydrogen) atoms. The average Bonchev–Trinajstić information content (AvgIpc) is 2.70. The molecule has 0 saturated heterocycles. The van der Waals surface area contributed by atoms with Gasteiger partial charge < -0.3 is 14.8 Å². The standard InChI is InChI=1S/C21H21Cl2NO4S/c1-27-20(25)14-8-5-7-13(10-14)6-3-4-9-18(29)24-17-12-15(22)11-16(23)19(17)21(26)28-2/h5,7-8,10-12H,3-4,6,9H2,1-2H3,(H,24,29). The number of carbonyl (C=O) groups excluding carboxylic acids is 2. The van der Waals surface area contributed by atoms with Gasteiger partial charge in [0.25, 0.3) is 0 Å². The van der Waals surface area contributed by atoms with Crippen LogP contribution in [0.15, 0.2) is 36.4 Å². The molecule has 0 aliphatic carbocycles. The Morgan fingerprint density at radius 1 is 1.03 bits per heavy atom. The fourth-order valence-electron chi connectivity index (χ4n) is 2.78. The number of hydrogen-bond acceptors (Lipinski definition) is 5. The molecule has 0 heterocycles. The van der Waals surface area contributed by atoms with Gasteiger partial charge in [-0.2, -0.15) is 0 Å². The van der Waals surface area contributed by atoms with Gasteiger partial charge in [-0.1, -0.05) is 47.6 Å². The molecule has 0 aliphatic rings. The minimum atomic E-state index is -0.567. The Hall–Kier alpha value is -2.15. The number of thiocarbonyl (C=S) groups is 1. The number of methoxy groups -OCH3 is 2. The van der Waals surface area contributed by atoms with E-state index in [1.165, 1.54) is 20.3 Å². The van der Waals surface area contributed by atoms with Gasteiger partial charge in [0.05, 0.1) is 35.5 Å². The first kappa shape index (κ1) is 23.1. The Kier molecular flexibility index (Phi) is 8.89. The highest BCUT2D eigenvalue weighted by atomic mass is 35.5. The van der Waals surface area contributed by atoms with Crippen LogP contribution in [-0.2, 0) is 15.9 Å². The van der Waals surface area contributed by atoms with Gasteiger partial charge >= 0.3 is 11.9 Å². The summed E-state index contributed by atoms with van der Waals surface area (Å²) in [5, 5.41) is 3.62. The second kappa shape index (κ2) is 11.1. The summed E-state index contributed by atoms with van der Waals surface area (Å²) in [6.07, 6.45) is 3.14. The van der Waals surface area contributed by atoms with Crippen LogP contribution in [0.5, 0.6) is 0 Å². The van der Waals surface area contributed by atoms with Crippen LogP contribution in [0.3, 0.4) is 0 Å². The molecule has 0 atom stereocenters. The predicted molar refractivity (Wildman–Crippen MR) is 119 cm³/mol. The van der Waals surface area contributed by atoms with E-state index in [9.17, 15) is 9.59 Å². The molecule has 0 aromatic heterocycles. The first-order chi connectivity index (χ1) is 13.8. The maximum Gasteiger partial charge on any atom is 0.341 e. The molecule has 2 rings (SSSR count). The summed E-state index contributed by atoms with van der Waals surface area (Å²) in [7, 11) is 2.65. The van der Waals surface area contributed by atoms with Crippen molar-refractivity contribution in [3.8, 4) is 0 Å². The molecular weight excluding hydrogens is 433 g/mol. The van der Waals surface area contributed by atoms with Crippen molar-refractivity contribution < 1.29 is 19.1 Å². The van der Waals surface area contributed by atoms with Gasteiger partial charge in [-0.15, -0.1) is 0 Å². The lowest BCUT2D eigenvalue weighted by molar-refractivity contribution is 0.0592. The Morgan fingerprint density at radius 3 is 2.45 bits per heavy atom. The molecule has 0 aliphatic heterocycles. The van der Waals surface area contributed by atoms with Gasteiger partial charge in [0.15, 0.2) is 0 Å². The van der Waals surface area contributed by atoms with E-state index >= 15 is 0 Å². The number of ether oxygens (including phenoxy) is 2. The van der Waals surface area contributed by atoms with E-state index in [-0.39, 0.29) is 16.6 Å². The first-order valence-electron chi connectivity index (χ1n) is 8.90. The lowest BCUT2D eigenvalue weighted by Gasteiger charge is -2.13. The summed E-state index contributed by atoms with van der Waals surface area (Å²) in [6, 6.07) is 10.4. The molecule has 2 aromatic rings. The van der Waals surface area contributed by atoms with Crippen molar-refractivity contribution in [2.45, 2.75) is 25.7 Å². The van der Waals surface area contributed by atoms with Crippen molar-refractivity contribution in [3.63, 3.8) is 0 Å². The second-order valence-corrected chi connectivity index (χ2v) is 7.59. The third kappa shape index (κ3) is 6.70. The van der Waals surface area contributed by atoms with Crippen LogP contribution in [0.25, 0.3) is 0 Å². The predicted octanol–water partition coefficient (Wildman–Crippen LogP) is 5.72. The Bertz CT molecular complexity index is 918. The third-order valence-electron chi connectivity index (χ3n) is 4.19.